The molecule has 6 heteroatoms. The van der Waals surface area contributed by atoms with Gasteiger partial charge < -0.3 is 18.1 Å². The van der Waals surface area contributed by atoms with Crippen LogP contribution in [0.25, 0.3) is 22.3 Å². The molecule has 304 valence electrons. The third-order valence-electron chi connectivity index (χ3n) is 11.3. The van der Waals surface area contributed by atoms with Crippen molar-refractivity contribution in [3.8, 4) is 45.3 Å². The molecule has 4 nitrogen and oxygen atoms in total. The van der Waals surface area contributed by atoms with E-state index in [4.69, 9.17) is 18.1 Å². The Labute approximate surface area is 355 Å². The van der Waals surface area contributed by atoms with E-state index in [-0.39, 0.29) is 21.7 Å². The molecule has 59 heavy (non-hydrogen) atoms. The highest BCUT2D eigenvalue weighted by Gasteiger charge is 2.36. The normalized spacial score (nSPS) is 16.1. The Bertz CT molecular complexity index is 2370. The lowest BCUT2D eigenvalue weighted by Gasteiger charge is -2.34. The molecule has 2 aliphatic heterocycles. The molecule has 6 aromatic carbocycles. The third kappa shape index (κ3) is 8.16. The lowest BCUT2D eigenvalue weighted by Crippen LogP contribution is -2.23. The second-order valence-corrected chi connectivity index (χ2v) is 22.8. The SMILES string of the molecule is CC(C)(C)c1cc(Cc2cc(C(C)(C)C)cc(C(C)(C)C)c2OP2Oc3ccccc3-c3ccccc32)c(OP2Oc3ccccc3-c3ccccc32)c(C(C)(C)C)c1. The van der Waals surface area contributed by atoms with Crippen molar-refractivity contribution in [2.45, 2.75) is 111 Å². The van der Waals surface area contributed by atoms with Gasteiger partial charge in [0.2, 0.25) is 0 Å². The standard InChI is InChI=1S/C53H58O4P2/c1-50(2,3)36-30-34(48(42(32-36)52(7,8)9)56-58-46-27-19-15-23-40(46)38-21-13-17-25-44(38)54-58)29-35-31-37(51(4,5)6)33-43(53(10,11)12)49(35)57-59-47-28-20-16-24-41(47)39-22-14-18-26-45(39)55-59/h13-28,30-33H,29H2,1-12H3. The highest BCUT2D eigenvalue weighted by molar-refractivity contribution is 7.57. The molecule has 0 saturated carbocycles. The Morgan fingerprint density at radius 1 is 0.407 bits per heavy atom. The summed E-state index contributed by atoms with van der Waals surface area (Å²) in [6.07, 6.45) is 0.591. The molecule has 0 spiro atoms. The number of hydrogen-bond acceptors (Lipinski definition) is 4. The first-order valence-electron chi connectivity index (χ1n) is 20.8. The largest absolute Gasteiger partial charge is 0.435 e. The van der Waals surface area contributed by atoms with E-state index in [1.165, 1.54) is 22.3 Å². The molecule has 0 N–H and O–H groups in total. The molecule has 8 rings (SSSR count). The minimum atomic E-state index is -1.52. The smallest absolute Gasteiger partial charge is 0.326 e. The summed E-state index contributed by atoms with van der Waals surface area (Å²) in [6.45, 7) is 27.5. The van der Waals surface area contributed by atoms with E-state index in [9.17, 15) is 0 Å². The predicted molar refractivity (Wildman–Crippen MR) is 250 cm³/mol. The van der Waals surface area contributed by atoms with Gasteiger partial charge in [-0.25, -0.2) is 0 Å². The van der Waals surface area contributed by atoms with Gasteiger partial charge in [-0.15, -0.1) is 0 Å². The van der Waals surface area contributed by atoms with Crippen LogP contribution in [0.4, 0.5) is 0 Å². The van der Waals surface area contributed by atoms with Gasteiger partial charge in [-0.3, -0.25) is 0 Å². The second-order valence-electron chi connectivity index (χ2n) is 20.1. The molecule has 6 aromatic rings. The average Bonchev–Trinajstić information content (AvgIpc) is 3.17. The lowest BCUT2D eigenvalue weighted by molar-refractivity contribution is 0.471. The van der Waals surface area contributed by atoms with Crippen LogP contribution in [-0.2, 0) is 28.1 Å². The number of benzene rings is 6. The summed E-state index contributed by atoms with van der Waals surface area (Å²) in [6, 6.07) is 43.2. The van der Waals surface area contributed by atoms with Crippen LogP contribution in [0, 0.1) is 0 Å². The van der Waals surface area contributed by atoms with Gasteiger partial charge in [0.1, 0.15) is 23.0 Å². The molecule has 0 fully saturated rings. The summed E-state index contributed by atoms with van der Waals surface area (Å²) >= 11 is 0. The Kier molecular flexibility index (Phi) is 10.5. The van der Waals surface area contributed by atoms with Crippen LogP contribution in [0.15, 0.2) is 121 Å². The van der Waals surface area contributed by atoms with Gasteiger partial charge in [0.15, 0.2) is 0 Å². The van der Waals surface area contributed by atoms with E-state index >= 15 is 0 Å². The maximum Gasteiger partial charge on any atom is 0.326 e. The quantitative estimate of drug-likeness (QED) is 0.157. The summed E-state index contributed by atoms with van der Waals surface area (Å²) in [4.78, 5) is 0. The second kappa shape index (κ2) is 15.1. The third-order valence-corrected chi connectivity index (χ3v) is 14.3. The van der Waals surface area contributed by atoms with E-state index in [2.05, 4.69) is 192 Å². The fourth-order valence-electron chi connectivity index (χ4n) is 7.88. The summed E-state index contributed by atoms with van der Waals surface area (Å²) in [5, 5.41) is 2.16. The topological polar surface area (TPSA) is 36.9 Å². The minimum Gasteiger partial charge on any atom is -0.435 e. The molecule has 0 radical (unpaired) electrons. The zero-order valence-electron chi connectivity index (χ0n) is 36.8. The van der Waals surface area contributed by atoms with Crippen LogP contribution >= 0.6 is 16.8 Å². The summed E-state index contributed by atoms with van der Waals surface area (Å²) < 4.78 is 28.5. The molecule has 2 unspecified atom stereocenters. The Balaban J connectivity index is 1.33. The Morgan fingerprint density at radius 2 is 0.746 bits per heavy atom. The first kappa shape index (κ1) is 41.1. The van der Waals surface area contributed by atoms with Crippen LogP contribution < -0.4 is 28.7 Å². The van der Waals surface area contributed by atoms with E-state index in [1.807, 2.05) is 12.1 Å². The van der Waals surface area contributed by atoms with Crippen LogP contribution in [0.1, 0.15) is 116 Å². The van der Waals surface area contributed by atoms with Gasteiger partial charge in [0.25, 0.3) is 0 Å². The van der Waals surface area contributed by atoms with Crippen LogP contribution in [-0.4, -0.2) is 0 Å². The number of hydrogen-bond donors (Lipinski definition) is 0. The molecule has 0 saturated heterocycles. The van der Waals surface area contributed by atoms with Crippen molar-refractivity contribution in [1.82, 2.24) is 0 Å². The van der Waals surface area contributed by atoms with E-state index in [0.717, 1.165) is 67.0 Å². The molecule has 0 aromatic heterocycles. The van der Waals surface area contributed by atoms with Gasteiger partial charge in [-0.2, -0.15) is 0 Å². The number of para-hydroxylation sites is 2. The van der Waals surface area contributed by atoms with E-state index in [0.29, 0.717) is 6.42 Å². The molecular formula is C53H58O4P2. The molecule has 2 heterocycles. The van der Waals surface area contributed by atoms with Crippen molar-refractivity contribution in [1.29, 1.82) is 0 Å². The number of fused-ring (bicyclic) bond motifs is 6. The summed E-state index contributed by atoms with van der Waals surface area (Å²) in [5.41, 5.74) is 10.9. The highest BCUT2D eigenvalue weighted by atomic mass is 31.2. The zero-order chi connectivity index (χ0) is 42.1. The fourth-order valence-corrected chi connectivity index (χ4v) is 11.0. The van der Waals surface area contributed by atoms with Gasteiger partial charge in [-0.1, -0.05) is 180 Å². The van der Waals surface area contributed by atoms with Crippen LogP contribution in [0.5, 0.6) is 23.0 Å². The van der Waals surface area contributed by atoms with E-state index in [1.54, 1.807) is 0 Å². The Hall–Kier alpha value is -4.62. The van der Waals surface area contributed by atoms with Crippen molar-refractivity contribution in [2.24, 2.45) is 0 Å². The molecule has 2 atom stereocenters. The fraction of sp³-hybridized carbons (Fsp3) is 0.321. The minimum absolute atomic E-state index is 0.106. The Morgan fingerprint density at radius 3 is 1.10 bits per heavy atom. The van der Waals surface area contributed by atoms with Crippen LogP contribution in [0.2, 0.25) is 0 Å². The first-order chi connectivity index (χ1) is 27.8. The maximum atomic E-state index is 7.42. The maximum absolute atomic E-state index is 7.42. The van der Waals surface area contributed by atoms with Crippen LogP contribution in [0.3, 0.4) is 0 Å². The number of rotatable bonds is 6. The van der Waals surface area contributed by atoms with Crippen molar-refractivity contribution < 1.29 is 18.1 Å². The lowest BCUT2D eigenvalue weighted by atomic mass is 9.76. The van der Waals surface area contributed by atoms with Gasteiger partial charge >= 0.3 is 16.8 Å². The van der Waals surface area contributed by atoms with Gasteiger partial charge in [-0.05, 0) is 79.3 Å². The van der Waals surface area contributed by atoms with Gasteiger partial charge in [0.05, 0.1) is 10.6 Å². The molecular weight excluding hydrogens is 763 g/mol. The monoisotopic (exact) mass is 820 g/mol. The van der Waals surface area contributed by atoms with Gasteiger partial charge in [0, 0.05) is 28.7 Å². The highest BCUT2D eigenvalue weighted by Crippen LogP contribution is 2.55. The summed E-state index contributed by atoms with van der Waals surface area (Å²) in [7, 11) is -3.03. The predicted octanol–water partition coefficient (Wildman–Crippen LogP) is 14.6. The molecule has 0 aliphatic carbocycles. The van der Waals surface area contributed by atoms with Crippen molar-refractivity contribution in [3.63, 3.8) is 0 Å². The average molecular weight is 821 g/mol. The molecule has 0 bridgehead atoms. The summed E-state index contributed by atoms with van der Waals surface area (Å²) in [5.74, 6) is 3.47. The molecule has 2 aliphatic rings. The van der Waals surface area contributed by atoms with Crippen molar-refractivity contribution in [2.75, 3.05) is 0 Å². The first-order valence-corrected chi connectivity index (χ1v) is 23.2. The molecule has 0 amide bonds. The zero-order valence-corrected chi connectivity index (χ0v) is 38.6. The van der Waals surface area contributed by atoms with Crippen molar-refractivity contribution >= 4 is 27.4 Å². The van der Waals surface area contributed by atoms with Crippen molar-refractivity contribution in [3.05, 3.63) is 155 Å². The van der Waals surface area contributed by atoms with E-state index < -0.39 is 16.8 Å².